The van der Waals surface area contributed by atoms with E-state index in [0.717, 1.165) is 11.8 Å². The van der Waals surface area contributed by atoms with E-state index in [2.05, 4.69) is 11.7 Å². The van der Waals surface area contributed by atoms with E-state index in [0.29, 0.717) is 0 Å². The third-order valence-corrected chi connectivity index (χ3v) is 4.01. The molecule has 9 heteroatoms. The molecular formula is C11H19NO7S. The number of aliphatic hydroxyl groups is 5. The van der Waals surface area contributed by atoms with Crippen molar-refractivity contribution < 1.29 is 35.5 Å². The van der Waals surface area contributed by atoms with Gasteiger partial charge in [-0.3, -0.25) is 0 Å². The molecule has 6 atom stereocenters. The predicted molar refractivity (Wildman–Crippen MR) is 71.4 cm³/mol. The maximum absolute atomic E-state index is 9.80. The molecule has 116 valence electrons. The molecule has 1 saturated heterocycles. The Hall–Kier alpha value is -0.680. The molecule has 0 aliphatic carbocycles. The van der Waals surface area contributed by atoms with E-state index in [9.17, 15) is 20.4 Å². The molecule has 0 aromatic carbocycles. The van der Waals surface area contributed by atoms with Crippen LogP contribution in [0.1, 0.15) is 6.42 Å². The maximum atomic E-state index is 9.80. The van der Waals surface area contributed by atoms with Crippen LogP contribution in [0.25, 0.3) is 0 Å². The van der Waals surface area contributed by atoms with Gasteiger partial charge in [0.25, 0.3) is 0 Å². The zero-order valence-corrected chi connectivity index (χ0v) is 11.4. The van der Waals surface area contributed by atoms with Crippen molar-refractivity contribution in [1.29, 1.82) is 0 Å². The number of ether oxygens (including phenoxy) is 1. The van der Waals surface area contributed by atoms with Gasteiger partial charge in [0.2, 0.25) is 0 Å². The van der Waals surface area contributed by atoms with Crippen LogP contribution >= 0.6 is 11.8 Å². The van der Waals surface area contributed by atoms with Crippen molar-refractivity contribution in [1.82, 2.24) is 0 Å². The Kier molecular flexibility index (Phi) is 6.89. The SMILES string of the molecule is C=C[C@@H](O)CC(=NO)SC1O[C@H](CO)[C@@H](O)[C@H](O)[C@H]1O. The van der Waals surface area contributed by atoms with Crippen molar-refractivity contribution in [3.05, 3.63) is 12.7 Å². The van der Waals surface area contributed by atoms with Gasteiger partial charge >= 0.3 is 0 Å². The van der Waals surface area contributed by atoms with Crippen molar-refractivity contribution in [3.63, 3.8) is 0 Å². The van der Waals surface area contributed by atoms with E-state index in [1.807, 2.05) is 0 Å². The number of hydrogen-bond acceptors (Lipinski definition) is 9. The summed E-state index contributed by atoms with van der Waals surface area (Å²) in [4.78, 5) is 0. The average molecular weight is 309 g/mol. The van der Waals surface area contributed by atoms with Crippen molar-refractivity contribution in [3.8, 4) is 0 Å². The highest BCUT2D eigenvalue weighted by Crippen LogP contribution is 2.30. The summed E-state index contributed by atoms with van der Waals surface area (Å²) in [5.74, 6) is 0. The summed E-state index contributed by atoms with van der Waals surface area (Å²) < 4.78 is 5.23. The number of aliphatic hydroxyl groups excluding tert-OH is 5. The van der Waals surface area contributed by atoms with E-state index < -0.39 is 42.6 Å². The van der Waals surface area contributed by atoms with Crippen LogP contribution < -0.4 is 0 Å². The lowest BCUT2D eigenvalue weighted by atomic mass is 10.0. The third-order valence-electron chi connectivity index (χ3n) is 2.87. The topological polar surface area (TPSA) is 143 Å². The Morgan fingerprint density at radius 2 is 1.95 bits per heavy atom. The minimum atomic E-state index is -1.50. The lowest BCUT2D eigenvalue weighted by Gasteiger charge is -2.39. The monoisotopic (exact) mass is 309 g/mol. The largest absolute Gasteiger partial charge is 0.410 e. The predicted octanol–water partition coefficient (Wildman–Crippen LogP) is -1.76. The fraction of sp³-hybridized carbons (Fsp3) is 0.727. The summed E-state index contributed by atoms with van der Waals surface area (Å²) in [5.41, 5.74) is -1.05. The van der Waals surface area contributed by atoms with Crippen LogP contribution in [0.5, 0.6) is 0 Å². The van der Waals surface area contributed by atoms with E-state index in [-0.39, 0.29) is 11.5 Å². The Morgan fingerprint density at radius 3 is 2.45 bits per heavy atom. The van der Waals surface area contributed by atoms with Crippen LogP contribution in [0.3, 0.4) is 0 Å². The Balaban J connectivity index is 2.71. The number of oxime groups is 1. The number of nitrogens with zero attached hydrogens (tertiary/aromatic N) is 1. The molecule has 20 heavy (non-hydrogen) atoms. The normalized spacial score (nSPS) is 36.6. The van der Waals surface area contributed by atoms with Crippen LogP contribution in [-0.4, -0.2) is 78.3 Å². The first-order valence-electron chi connectivity index (χ1n) is 5.93. The standard InChI is InChI=1S/C11H19NO7S/c1-2-5(14)3-7(12-18)20-11-10(17)9(16)8(15)6(4-13)19-11/h2,5-6,8-11,13-18H,1,3-4H2/t5-,6-,8-,9+,10-,11?/m1/s1. The minimum absolute atomic E-state index is 0.0420. The van der Waals surface area contributed by atoms with Crippen molar-refractivity contribution in [2.45, 2.75) is 42.4 Å². The van der Waals surface area contributed by atoms with Crippen molar-refractivity contribution in [2.75, 3.05) is 6.61 Å². The Bertz CT molecular complexity index is 352. The Labute approximate surface area is 120 Å². The molecule has 0 spiro atoms. The van der Waals surface area contributed by atoms with Gasteiger partial charge in [-0.25, -0.2) is 0 Å². The zero-order chi connectivity index (χ0) is 15.3. The summed E-state index contributed by atoms with van der Waals surface area (Å²) in [6.45, 7) is 2.84. The van der Waals surface area contributed by atoms with Crippen molar-refractivity contribution >= 4 is 16.8 Å². The molecular weight excluding hydrogens is 290 g/mol. The fourth-order valence-corrected chi connectivity index (χ4v) is 2.75. The highest BCUT2D eigenvalue weighted by atomic mass is 32.2. The molecule has 1 heterocycles. The molecule has 6 N–H and O–H groups in total. The molecule has 0 aromatic heterocycles. The van der Waals surface area contributed by atoms with Gasteiger partial charge in [0.1, 0.15) is 34.9 Å². The van der Waals surface area contributed by atoms with Gasteiger partial charge in [0.15, 0.2) is 0 Å². The van der Waals surface area contributed by atoms with E-state index in [1.54, 1.807) is 0 Å². The zero-order valence-electron chi connectivity index (χ0n) is 10.6. The van der Waals surface area contributed by atoms with Gasteiger partial charge < -0.3 is 35.5 Å². The molecule has 0 bridgehead atoms. The van der Waals surface area contributed by atoms with Gasteiger partial charge in [0, 0.05) is 6.42 Å². The summed E-state index contributed by atoms with van der Waals surface area (Å²) >= 11 is 0.780. The molecule has 0 radical (unpaired) electrons. The molecule has 8 nitrogen and oxygen atoms in total. The summed E-state index contributed by atoms with van der Waals surface area (Å²) in [6.07, 6.45) is -5.13. The second-order valence-electron chi connectivity index (χ2n) is 4.32. The number of thioether (sulfide) groups is 1. The molecule has 0 saturated carbocycles. The summed E-state index contributed by atoms with van der Waals surface area (Å²) in [6, 6.07) is 0. The smallest absolute Gasteiger partial charge is 0.138 e. The summed E-state index contributed by atoms with van der Waals surface area (Å²) in [7, 11) is 0. The quantitative estimate of drug-likeness (QED) is 0.115. The van der Waals surface area contributed by atoms with Gasteiger partial charge in [-0.1, -0.05) is 23.0 Å². The van der Waals surface area contributed by atoms with Gasteiger partial charge in [-0.05, 0) is 0 Å². The van der Waals surface area contributed by atoms with E-state index in [1.165, 1.54) is 6.08 Å². The minimum Gasteiger partial charge on any atom is -0.410 e. The van der Waals surface area contributed by atoms with Crippen LogP contribution in [-0.2, 0) is 4.74 Å². The number of rotatable bonds is 5. The van der Waals surface area contributed by atoms with Crippen LogP contribution in [0.4, 0.5) is 0 Å². The van der Waals surface area contributed by atoms with Crippen molar-refractivity contribution in [2.24, 2.45) is 5.16 Å². The molecule has 1 aliphatic heterocycles. The first-order valence-corrected chi connectivity index (χ1v) is 6.81. The van der Waals surface area contributed by atoms with Crippen LogP contribution in [0.15, 0.2) is 17.8 Å². The average Bonchev–Trinajstić information content (AvgIpc) is 2.46. The number of hydrogen-bond donors (Lipinski definition) is 6. The molecule has 0 amide bonds. The van der Waals surface area contributed by atoms with Gasteiger partial charge in [-0.2, -0.15) is 0 Å². The lowest BCUT2D eigenvalue weighted by molar-refractivity contribution is -0.205. The first kappa shape index (κ1) is 17.4. The second kappa shape index (κ2) is 7.93. The Morgan fingerprint density at radius 1 is 1.30 bits per heavy atom. The van der Waals surface area contributed by atoms with Gasteiger partial charge in [-0.15, -0.1) is 6.58 Å². The van der Waals surface area contributed by atoms with Crippen LogP contribution in [0, 0.1) is 0 Å². The van der Waals surface area contributed by atoms with E-state index >= 15 is 0 Å². The summed E-state index contributed by atoms with van der Waals surface area (Å²) in [5, 5.41) is 59.3. The molecule has 0 aromatic rings. The third kappa shape index (κ3) is 4.16. The molecule has 1 unspecified atom stereocenters. The molecule has 1 rings (SSSR count). The maximum Gasteiger partial charge on any atom is 0.138 e. The second-order valence-corrected chi connectivity index (χ2v) is 5.49. The molecule has 1 aliphatic rings. The van der Waals surface area contributed by atoms with E-state index in [4.69, 9.17) is 15.1 Å². The van der Waals surface area contributed by atoms with Crippen LogP contribution in [0.2, 0.25) is 0 Å². The first-order chi connectivity index (χ1) is 9.44. The highest BCUT2D eigenvalue weighted by molar-refractivity contribution is 8.14. The fourth-order valence-electron chi connectivity index (χ4n) is 1.67. The lowest BCUT2D eigenvalue weighted by Crippen LogP contribution is -2.57. The van der Waals surface area contributed by atoms with Gasteiger partial charge in [0.05, 0.1) is 12.7 Å². The molecule has 1 fully saturated rings. The highest BCUT2D eigenvalue weighted by Gasteiger charge is 2.44.